The maximum atomic E-state index is 12.5. The second kappa shape index (κ2) is 15.7. The molecule has 54 heavy (non-hydrogen) atoms. The van der Waals surface area contributed by atoms with E-state index < -0.39 is 95.8 Å². The molecule has 18 N–H and O–H groups in total. The van der Waals surface area contributed by atoms with E-state index in [1.165, 1.54) is 22.5 Å². The quantitative estimate of drug-likeness (QED) is 0.0470. The first-order valence-electron chi connectivity index (χ1n) is 14.4. The number of nitrogens with zero attached hydrogens (tertiary/aromatic N) is 6. The molecule has 2 aliphatic rings. The topological polar surface area (TPSA) is 474 Å². The summed E-state index contributed by atoms with van der Waals surface area (Å²) in [4.78, 5) is 73.5. The van der Waals surface area contributed by atoms with Crippen molar-refractivity contribution in [3.8, 4) is 0 Å². The first-order chi connectivity index (χ1) is 24.2. The van der Waals surface area contributed by atoms with E-state index in [2.05, 4.69) is 49.9 Å². The van der Waals surface area contributed by atoms with Crippen LogP contribution >= 0.6 is 22.4 Å². The van der Waals surface area contributed by atoms with Gasteiger partial charge in [0.2, 0.25) is 17.7 Å². The molecule has 2 aliphatic heterocycles. The van der Waals surface area contributed by atoms with Gasteiger partial charge in [0.1, 0.15) is 36.6 Å². The minimum Gasteiger partial charge on any atom is -0.756 e. The molecule has 2 saturated heterocycles. The van der Waals surface area contributed by atoms with Gasteiger partial charge in [-0.2, -0.15) is 4.98 Å². The third-order valence-corrected chi connectivity index (χ3v) is 12.8. The van der Waals surface area contributed by atoms with Gasteiger partial charge in [-0.3, -0.25) is 33.3 Å². The highest BCUT2D eigenvalue weighted by Gasteiger charge is 2.49. The molecule has 6 rings (SSSR count). The highest BCUT2D eigenvalue weighted by atomic mass is 32.5. The van der Waals surface area contributed by atoms with E-state index in [1.807, 2.05) is 0 Å². The summed E-state index contributed by atoms with van der Waals surface area (Å²) in [6.45, 7) is -6.88. The Morgan fingerprint density at radius 2 is 1.54 bits per heavy atom. The molecule has 11 atom stereocenters. The van der Waals surface area contributed by atoms with E-state index in [0.717, 1.165) is 10.9 Å². The molecule has 6 heterocycles. The first kappa shape index (κ1) is 43.5. The number of hydrogen-bond acceptors (Lipinski definition) is 23. The Labute approximate surface area is 304 Å². The number of aliphatic hydroxyl groups excluding tert-OH is 4. The summed E-state index contributed by atoms with van der Waals surface area (Å²) in [6.07, 6.45) is -10.6. The zero-order valence-corrected chi connectivity index (χ0v) is 30.9. The van der Waals surface area contributed by atoms with Crippen LogP contribution in [-0.4, -0.2) is 114 Å². The molecule has 0 radical (unpaired) electrons. The van der Waals surface area contributed by atoms with Crippen LogP contribution in [0.3, 0.4) is 0 Å². The Morgan fingerprint density at radius 3 is 2.22 bits per heavy atom. The second-order valence-electron chi connectivity index (χ2n) is 11.3. The van der Waals surface area contributed by atoms with Crippen LogP contribution < -0.4 is 44.3 Å². The fraction of sp³-hybridized carbons (Fsp3) is 0.524. The number of imidazole rings is 2. The standard InChI is InChI=1S/C21H29N10O17P3S.2H3N/c1-29-5-31(15-9(29)17(37)28-21(23)26-15)19-13(35)11(33)7(46-19)3-44-51(42,52)48-50(40,41)47-49(38,39)43-2-6-10(32)12(34)18(45-6)30-4-24-8-14(30)25-20(22)27-16(8)36;;/h4-7,10-13,18-19,32-35H,2-3H2,1H3,(H8-,22,23,25,26,27,28,36,37,38,39,40,41,42,52);2*1H3/t6-,7-,10-,11-,12-,13-,18-,19-,51?;;/m1../s1. The van der Waals surface area contributed by atoms with Gasteiger partial charge in [0.15, 0.2) is 23.7 Å². The number of aromatic nitrogens is 8. The van der Waals surface area contributed by atoms with Crippen LogP contribution in [0, 0.1) is 0 Å². The summed E-state index contributed by atoms with van der Waals surface area (Å²) in [6, 6.07) is 0. The first-order valence-corrected chi connectivity index (χ1v) is 19.9. The second-order valence-corrected chi connectivity index (χ2v) is 17.2. The molecule has 2 fully saturated rings. The van der Waals surface area contributed by atoms with Crippen molar-refractivity contribution in [1.29, 1.82) is 0 Å². The van der Waals surface area contributed by atoms with E-state index in [9.17, 15) is 53.8 Å². The van der Waals surface area contributed by atoms with Crippen molar-refractivity contribution in [2.24, 2.45) is 7.05 Å². The molecule has 29 nitrogen and oxygen atoms in total. The van der Waals surface area contributed by atoms with Crippen LogP contribution in [0.15, 0.2) is 22.2 Å². The van der Waals surface area contributed by atoms with Crippen LogP contribution in [0.1, 0.15) is 12.5 Å². The molecule has 0 spiro atoms. The minimum absolute atomic E-state index is 0. The number of aromatic amines is 2. The lowest BCUT2D eigenvalue weighted by Gasteiger charge is -2.27. The summed E-state index contributed by atoms with van der Waals surface area (Å²) < 4.78 is 57.5. The van der Waals surface area contributed by atoms with Crippen molar-refractivity contribution in [3.05, 3.63) is 33.4 Å². The number of rotatable bonds is 12. The van der Waals surface area contributed by atoms with Gasteiger partial charge >= 0.3 is 20.2 Å². The molecule has 4 aromatic heterocycles. The highest BCUT2D eigenvalue weighted by molar-refractivity contribution is 8.08. The average Bonchev–Trinajstić information content (AvgIpc) is 3.74. The van der Waals surface area contributed by atoms with E-state index in [1.54, 1.807) is 0 Å². The molecule has 302 valence electrons. The van der Waals surface area contributed by atoms with Gasteiger partial charge in [0.05, 0.1) is 26.6 Å². The number of phosphoric ester groups is 1. The zero-order valence-electron chi connectivity index (χ0n) is 27.4. The van der Waals surface area contributed by atoms with Crippen molar-refractivity contribution in [2.75, 3.05) is 24.7 Å². The van der Waals surface area contributed by atoms with Gasteiger partial charge in [-0.05, 0) is 11.8 Å². The summed E-state index contributed by atoms with van der Waals surface area (Å²) >= 11 is 4.67. The number of hydrogen-bond donors (Lipinski definition) is 12. The number of aryl methyl sites for hydroxylation is 1. The molecule has 33 heteroatoms. The van der Waals surface area contributed by atoms with Crippen LogP contribution in [0.5, 0.6) is 0 Å². The van der Waals surface area contributed by atoms with E-state index in [-0.39, 0.29) is 46.5 Å². The smallest absolute Gasteiger partial charge is 0.485 e. The Balaban J connectivity index is 0.00000325. The lowest BCUT2D eigenvalue weighted by molar-refractivity contribution is -0.745. The van der Waals surface area contributed by atoms with Gasteiger partial charge in [-0.1, -0.05) is 4.98 Å². The van der Waals surface area contributed by atoms with Gasteiger partial charge in [0, 0.05) is 0 Å². The Hall–Kier alpha value is -3.19. The van der Waals surface area contributed by atoms with Crippen LogP contribution in [0.4, 0.5) is 11.9 Å². The lowest BCUT2D eigenvalue weighted by Crippen LogP contribution is -2.46. The number of nitrogen functional groups attached to an aromatic ring is 2. The van der Waals surface area contributed by atoms with Crippen molar-refractivity contribution >= 4 is 68.4 Å². The van der Waals surface area contributed by atoms with Gasteiger partial charge in [-0.15, -0.1) is 0 Å². The molecular weight excluding hydrogens is 817 g/mol. The van der Waals surface area contributed by atoms with Gasteiger partial charge < -0.3 is 77.4 Å². The number of anilines is 2. The molecule has 3 unspecified atom stereocenters. The monoisotopic (exact) mass is 852 g/mol. The maximum Gasteiger partial charge on any atom is 0.485 e. The minimum atomic E-state index is -5.86. The molecule has 4 aromatic rings. The normalized spacial score (nSPS) is 29.0. The molecule has 0 saturated carbocycles. The fourth-order valence-electron chi connectivity index (χ4n) is 5.43. The van der Waals surface area contributed by atoms with Gasteiger partial charge in [0.25, 0.3) is 24.9 Å². The number of phosphoric acid groups is 2. The summed E-state index contributed by atoms with van der Waals surface area (Å²) in [5.74, 6) is -0.560. The third-order valence-electron chi connectivity index (χ3n) is 7.67. The van der Waals surface area contributed by atoms with Gasteiger partial charge in [-0.25, -0.2) is 22.7 Å². The summed E-state index contributed by atoms with van der Waals surface area (Å²) in [5, 5.41) is 42.2. The largest absolute Gasteiger partial charge is 0.756 e. The van der Waals surface area contributed by atoms with Crippen LogP contribution in [-0.2, 0) is 55.1 Å². The number of H-pyrrole nitrogens is 2. The van der Waals surface area contributed by atoms with Crippen LogP contribution in [0.2, 0.25) is 0 Å². The molecule has 0 aliphatic carbocycles. The SMILES string of the molecule is Cn1c[n+]([C@@H]2O[C@H](COP(O)(=S)OP(=O)(O)OP(=O)([O-])OC[C@H]3O[C@@H](n4cnc5c(=O)[nH]c(N)nc54)[C@H](O)[C@@H]3O)[C@@H](O)[C@H]2O)c2nc(N)[nH]c(=O)c21.N.N. The lowest BCUT2D eigenvalue weighted by atomic mass is 10.1. The zero-order chi connectivity index (χ0) is 38.1. The van der Waals surface area contributed by atoms with E-state index >= 15 is 0 Å². The average molecular weight is 853 g/mol. The van der Waals surface area contributed by atoms with Crippen molar-refractivity contribution in [3.63, 3.8) is 0 Å². The summed E-state index contributed by atoms with van der Waals surface area (Å²) in [5.41, 5.74) is 9.51. The highest BCUT2D eigenvalue weighted by Crippen LogP contribution is 2.66. The molecule has 0 amide bonds. The Bertz CT molecular complexity index is 2290. The predicted octanol–water partition coefficient (Wildman–Crippen LogP) is -4.74. The third kappa shape index (κ3) is 8.61. The van der Waals surface area contributed by atoms with Crippen molar-refractivity contribution < 1.29 is 75.9 Å². The number of aliphatic hydroxyl groups is 4. The van der Waals surface area contributed by atoms with Crippen molar-refractivity contribution in [2.45, 2.75) is 49.1 Å². The van der Waals surface area contributed by atoms with E-state index in [4.69, 9.17) is 25.5 Å². The van der Waals surface area contributed by atoms with E-state index in [0.29, 0.717) is 0 Å². The number of ether oxygens (including phenoxy) is 2. The Morgan fingerprint density at radius 1 is 0.944 bits per heavy atom. The number of fused-ring (bicyclic) bond motifs is 2. The molecule has 0 aromatic carbocycles. The maximum absolute atomic E-state index is 12.5. The predicted molar refractivity (Wildman–Crippen MR) is 178 cm³/mol. The Kier molecular flexibility index (Phi) is 12.7. The van der Waals surface area contributed by atoms with Crippen molar-refractivity contribution in [1.82, 2.24) is 46.4 Å². The van der Waals surface area contributed by atoms with Crippen LogP contribution in [0.25, 0.3) is 22.3 Å². The summed E-state index contributed by atoms with van der Waals surface area (Å²) in [7, 11) is -10.2. The molecule has 0 bridgehead atoms. The number of nitrogens with two attached hydrogens (primary N) is 2. The molecular formula is C21H35N12O17P3S. The fourth-order valence-corrected chi connectivity index (χ4v) is 9.85. The number of nitrogens with one attached hydrogen (secondary N) is 2.